The minimum Gasteiger partial charge on any atom is -0.493 e. The molecular formula is C27H21BrF3IN4O3S. The molecule has 4 rings (SSSR count). The van der Waals surface area contributed by atoms with Gasteiger partial charge in [0.1, 0.15) is 6.61 Å². The summed E-state index contributed by atoms with van der Waals surface area (Å²) in [4.78, 5) is 16.6. The molecule has 0 aliphatic carbocycles. The highest BCUT2D eigenvalue weighted by molar-refractivity contribution is 14.1. The van der Waals surface area contributed by atoms with E-state index in [1.54, 1.807) is 17.5 Å². The summed E-state index contributed by atoms with van der Waals surface area (Å²) in [5.74, 6) is 0.643. The van der Waals surface area contributed by atoms with E-state index in [9.17, 15) is 18.0 Å². The molecule has 0 bridgehead atoms. The molecular weight excluding hydrogens is 724 g/mol. The Labute approximate surface area is 254 Å². The fourth-order valence-electron chi connectivity index (χ4n) is 3.38. The van der Waals surface area contributed by atoms with Gasteiger partial charge in [0.25, 0.3) is 0 Å². The average Bonchev–Trinajstić information content (AvgIpc) is 3.35. The molecule has 0 saturated carbocycles. The Hall–Kier alpha value is -3.17. The number of carbonyl (C=O) groups excluding carboxylic acids is 1. The lowest BCUT2D eigenvalue weighted by atomic mass is 10.2. The number of halogens is 5. The first-order chi connectivity index (χ1) is 19.1. The van der Waals surface area contributed by atoms with E-state index in [0.29, 0.717) is 39.0 Å². The highest BCUT2D eigenvalue weighted by Gasteiger charge is 2.30. The second-order valence-electron chi connectivity index (χ2n) is 8.26. The Morgan fingerprint density at radius 2 is 1.93 bits per heavy atom. The predicted molar refractivity (Wildman–Crippen MR) is 160 cm³/mol. The molecule has 2 N–H and O–H groups in total. The number of anilines is 2. The molecule has 1 amide bonds. The van der Waals surface area contributed by atoms with Crippen LogP contribution in [0.1, 0.15) is 22.4 Å². The molecule has 40 heavy (non-hydrogen) atoms. The van der Waals surface area contributed by atoms with Crippen molar-refractivity contribution >= 4 is 72.8 Å². The van der Waals surface area contributed by atoms with Crippen LogP contribution in [0, 0.1) is 3.57 Å². The van der Waals surface area contributed by atoms with E-state index in [-0.39, 0.29) is 12.1 Å². The smallest absolute Gasteiger partial charge is 0.416 e. The van der Waals surface area contributed by atoms with Crippen molar-refractivity contribution in [3.63, 3.8) is 0 Å². The lowest BCUT2D eigenvalue weighted by Crippen LogP contribution is -2.20. The zero-order chi connectivity index (χ0) is 28.7. The SMILES string of the molecule is COc1cc(/C=N\NC(=O)Cc2csc(Nc3cccc(C(F)(F)F)c3)n2)c(Br)cc1OCc1ccc(I)cc1. The van der Waals surface area contributed by atoms with Gasteiger partial charge in [-0.1, -0.05) is 18.2 Å². The molecule has 1 heterocycles. The lowest BCUT2D eigenvalue weighted by molar-refractivity contribution is -0.137. The largest absolute Gasteiger partial charge is 0.493 e. The third-order valence-corrected chi connectivity index (χ3v) is 7.53. The van der Waals surface area contributed by atoms with Gasteiger partial charge in [-0.05, 0) is 86.5 Å². The maximum atomic E-state index is 12.9. The summed E-state index contributed by atoms with van der Waals surface area (Å²) < 4.78 is 52.0. The lowest BCUT2D eigenvalue weighted by Gasteiger charge is -2.13. The summed E-state index contributed by atoms with van der Waals surface area (Å²) in [5.41, 5.74) is 4.05. The number of alkyl halides is 3. The van der Waals surface area contributed by atoms with Crippen molar-refractivity contribution in [2.45, 2.75) is 19.2 Å². The monoisotopic (exact) mass is 744 g/mol. The molecule has 0 spiro atoms. The number of thiazole rings is 1. The second kappa shape index (κ2) is 13.5. The fraction of sp³-hybridized carbons (Fsp3) is 0.148. The van der Waals surface area contributed by atoms with Crippen LogP contribution in [0.25, 0.3) is 0 Å². The van der Waals surface area contributed by atoms with Crippen LogP contribution >= 0.6 is 49.9 Å². The Morgan fingerprint density at radius 1 is 1.15 bits per heavy atom. The van der Waals surface area contributed by atoms with Crippen LogP contribution in [-0.2, 0) is 24.0 Å². The molecule has 0 aliphatic rings. The van der Waals surface area contributed by atoms with Crippen molar-refractivity contribution in [2.75, 3.05) is 12.4 Å². The molecule has 0 unspecified atom stereocenters. The minimum absolute atomic E-state index is 0.0616. The van der Waals surface area contributed by atoms with Gasteiger partial charge in [0.05, 0.1) is 31.0 Å². The summed E-state index contributed by atoms with van der Waals surface area (Å²) in [7, 11) is 1.54. The highest BCUT2D eigenvalue weighted by atomic mass is 127. The van der Waals surface area contributed by atoms with Crippen LogP contribution in [0.15, 0.2) is 75.6 Å². The number of benzene rings is 3. The molecule has 4 aromatic rings. The van der Waals surface area contributed by atoms with Crippen LogP contribution in [-0.4, -0.2) is 24.2 Å². The molecule has 13 heteroatoms. The van der Waals surface area contributed by atoms with Gasteiger partial charge in [-0.2, -0.15) is 18.3 Å². The molecule has 208 valence electrons. The summed E-state index contributed by atoms with van der Waals surface area (Å²) in [5, 5.41) is 8.86. The van der Waals surface area contributed by atoms with Crippen LogP contribution < -0.4 is 20.2 Å². The fourth-order valence-corrected chi connectivity index (χ4v) is 4.90. The maximum Gasteiger partial charge on any atom is 0.416 e. The van der Waals surface area contributed by atoms with E-state index in [1.165, 1.54) is 36.8 Å². The number of hydrazone groups is 1. The van der Waals surface area contributed by atoms with Gasteiger partial charge < -0.3 is 14.8 Å². The molecule has 0 fully saturated rings. The number of ether oxygens (including phenoxy) is 2. The summed E-state index contributed by atoms with van der Waals surface area (Å²) in [6.45, 7) is 0.372. The number of hydrogen-bond acceptors (Lipinski definition) is 7. The van der Waals surface area contributed by atoms with Crippen LogP contribution in [0.2, 0.25) is 0 Å². The first kappa shape index (κ1) is 29.8. The number of rotatable bonds is 10. The standard InChI is InChI=1S/C27H21BrF3IN4O3S/c1-38-23-9-17(22(28)12-24(23)39-14-16-5-7-19(32)8-6-16)13-33-36-25(37)11-21-15-40-26(35-21)34-20-4-2-3-18(10-20)27(29,30)31/h2-10,12-13,15H,11,14H2,1H3,(H,34,35)(H,36,37)/b33-13-. The molecule has 1 aromatic heterocycles. The first-order valence-corrected chi connectivity index (χ1v) is 14.3. The van der Waals surface area contributed by atoms with Crippen molar-refractivity contribution in [3.05, 3.63) is 96.5 Å². The Balaban J connectivity index is 1.32. The number of carbonyl (C=O) groups is 1. The van der Waals surface area contributed by atoms with E-state index < -0.39 is 17.6 Å². The summed E-state index contributed by atoms with van der Waals surface area (Å²) in [6, 6.07) is 16.3. The van der Waals surface area contributed by atoms with E-state index in [1.807, 2.05) is 24.3 Å². The van der Waals surface area contributed by atoms with Crippen LogP contribution in [0.4, 0.5) is 24.0 Å². The number of nitrogens with zero attached hydrogens (tertiary/aromatic N) is 2. The van der Waals surface area contributed by atoms with Crippen molar-refractivity contribution in [3.8, 4) is 11.5 Å². The van der Waals surface area contributed by atoms with E-state index in [0.717, 1.165) is 21.3 Å². The molecule has 0 saturated heterocycles. The Morgan fingerprint density at radius 3 is 2.65 bits per heavy atom. The third kappa shape index (κ3) is 8.41. The normalized spacial score (nSPS) is 11.4. The number of nitrogens with one attached hydrogen (secondary N) is 2. The average molecular weight is 745 g/mol. The zero-order valence-electron chi connectivity index (χ0n) is 20.8. The third-order valence-electron chi connectivity index (χ3n) is 5.32. The molecule has 3 aromatic carbocycles. The van der Waals surface area contributed by atoms with Gasteiger partial charge in [-0.3, -0.25) is 4.79 Å². The number of aromatic nitrogens is 1. The van der Waals surface area contributed by atoms with Crippen LogP contribution in [0.5, 0.6) is 11.5 Å². The number of amides is 1. The Kier molecular flexibility index (Phi) is 10.0. The molecule has 0 aliphatic heterocycles. The van der Waals surface area contributed by atoms with Crippen molar-refractivity contribution in [2.24, 2.45) is 5.10 Å². The maximum absolute atomic E-state index is 12.9. The van der Waals surface area contributed by atoms with Gasteiger partial charge in [0, 0.05) is 24.7 Å². The zero-order valence-corrected chi connectivity index (χ0v) is 25.3. The van der Waals surface area contributed by atoms with Crippen molar-refractivity contribution in [1.82, 2.24) is 10.4 Å². The Bertz CT molecular complexity index is 1510. The van der Waals surface area contributed by atoms with Crippen molar-refractivity contribution in [1.29, 1.82) is 0 Å². The minimum atomic E-state index is -4.44. The van der Waals surface area contributed by atoms with Crippen molar-refractivity contribution < 1.29 is 27.4 Å². The summed E-state index contributed by atoms with van der Waals surface area (Å²) in [6.07, 6.45) is -3.04. The number of hydrogen-bond donors (Lipinski definition) is 2. The second-order valence-corrected chi connectivity index (χ2v) is 11.2. The van der Waals surface area contributed by atoms with Gasteiger partial charge in [-0.25, -0.2) is 10.4 Å². The van der Waals surface area contributed by atoms with Gasteiger partial charge in [-0.15, -0.1) is 11.3 Å². The van der Waals surface area contributed by atoms with E-state index in [4.69, 9.17) is 9.47 Å². The topological polar surface area (TPSA) is 84.8 Å². The first-order valence-electron chi connectivity index (χ1n) is 11.6. The highest BCUT2D eigenvalue weighted by Crippen LogP contribution is 2.34. The van der Waals surface area contributed by atoms with Gasteiger partial charge >= 0.3 is 6.18 Å². The molecule has 7 nitrogen and oxygen atoms in total. The van der Waals surface area contributed by atoms with Gasteiger partial charge in [0.2, 0.25) is 5.91 Å². The quantitative estimate of drug-likeness (QED) is 0.0996. The van der Waals surface area contributed by atoms with Crippen LogP contribution in [0.3, 0.4) is 0 Å². The van der Waals surface area contributed by atoms with E-state index >= 15 is 0 Å². The van der Waals surface area contributed by atoms with Gasteiger partial charge in [0.15, 0.2) is 16.6 Å². The molecule has 0 atom stereocenters. The predicted octanol–water partition coefficient (Wildman–Crippen LogP) is 7.55. The number of methoxy groups -OCH3 is 1. The summed E-state index contributed by atoms with van der Waals surface area (Å²) >= 11 is 6.91. The van der Waals surface area contributed by atoms with E-state index in [2.05, 4.69) is 59.3 Å². The molecule has 0 radical (unpaired) electrons.